The number of hydrogen-bond donors (Lipinski definition) is 1. The summed E-state index contributed by atoms with van der Waals surface area (Å²) < 4.78 is 11.1. The maximum absolute atomic E-state index is 5.13. The third kappa shape index (κ3) is 5.30. The monoisotopic (exact) mass is 332 g/mol. The molecule has 6 nitrogen and oxygen atoms in total. The largest absolute Gasteiger partial charge is 0.383 e. The fourth-order valence-corrected chi connectivity index (χ4v) is 1.99. The van der Waals surface area contributed by atoms with Crippen LogP contribution in [0.2, 0.25) is 0 Å². The summed E-state index contributed by atoms with van der Waals surface area (Å²) in [6.45, 7) is 5.57. The van der Waals surface area contributed by atoms with Crippen LogP contribution < -0.4 is 10.2 Å². The Hall–Kier alpha value is -0.920. The van der Waals surface area contributed by atoms with Crippen LogP contribution in [0.4, 0.5) is 11.8 Å². The highest BCUT2D eigenvalue weighted by Crippen LogP contribution is 2.24. The Balaban J connectivity index is 2.87. The van der Waals surface area contributed by atoms with Crippen LogP contribution in [0.5, 0.6) is 0 Å². The predicted octanol–water partition coefficient (Wildman–Crippen LogP) is 1.77. The van der Waals surface area contributed by atoms with Gasteiger partial charge in [0.15, 0.2) is 0 Å². The highest BCUT2D eigenvalue weighted by molar-refractivity contribution is 9.10. The standard InChI is InChI=1S/C12H21BrN4O2/c1-4-14-12-15-9-10(13)11(16-12)17(5-7-18-2)6-8-19-3/h9H,4-8H2,1-3H3,(H,14,15,16). The number of aromatic nitrogens is 2. The Kier molecular flexibility index (Phi) is 7.69. The molecule has 0 saturated heterocycles. The molecule has 0 aliphatic rings. The molecule has 0 spiro atoms. The molecule has 1 heterocycles. The van der Waals surface area contributed by atoms with Gasteiger partial charge in [0.2, 0.25) is 5.95 Å². The normalized spacial score (nSPS) is 10.5. The zero-order chi connectivity index (χ0) is 14.1. The van der Waals surface area contributed by atoms with E-state index in [9.17, 15) is 0 Å². The van der Waals surface area contributed by atoms with Crippen molar-refractivity contribution in [2.75, 3.05) is 57.3 Å². The van der Waals surface area contributed by atoms with Crippen LogP contribution in [0.25, 0.3) is 0 Å². The summed E-state index contributed by atoms with van der Waals surface area (Å²) in [4.78, 5) is 10.8. The van der Waals surface area contributed by atoms with Crippen molar-refractivity contribution in [2.24, 2.45) is 0 Å². The van der Waals surface area contributed by atoms with E-state index < -0.39 is 0 Å². The van der Waals surface area contributed by atoms with Gasteiger partial charge in [0.25, 0.3) is 0 Å². The number of rotatable bonds is 9. The van der Waals surface area contributed by atoms with E-state index in [1.165, 1.54) is 0 Å². The van der Waals surface area contributed by atoms with Crippen LogP contribution >= 0.6 is 15.9 Å². The number of nitrogens with one attached hydrogen (secondary N) is 1. The molecule has 0 fully saturated rings. The van der Waals surface area contributed by atoms with E-state index in [1.807, 2.05) is 6.92 Å². The lowest BCUT2D eigenvalue weighted by Crippen LogP contribution is -2.32. The first-order valence-corrected chi connectivity index (χ1v) is 7.01. The zero-order valence-corrected chi connectivity index (χ0v) is 13.2. The summed E-state index contributed by atoms with van der Waals surface area (Å²) in [5.74, 6) is 1.47. The van der Waals surface area contributed by atoms with Gasteiger partial charge in [-0.25, -0.2) is 4.98 Å². The summed E-state index contributed by atoms with van der Waals surface area (Å²) >= 11 is 3.49. The lowest BCUT2D eigenvalue weighted by molar-refractivity contribution is 0.190. The number of ether oxygens (including phenoxy) is 2. The summed E-state index contributed by atoms with van der Waals surface area (Å²) in [6.07, 6.45) is 1.76. The molecular formula is C12H21BrN4O2. The van der Waals surface area contributed by atoms with Gasteiger partial charge in [-0.2, -0.15) is 4.98 Å². The van der Waals surface area contributed by atoms with Crippen molar-refractivity contribution in [2.45, 2.75) is 6.92 Å². The minimum absolute atomic E-state index is 0.625. The number of nitrogens with zero attached hydrogens (tertiary/aromatic N) is 3. The Morgan fingerprint density at radius 1 is 1.26 bits per heavy atom. The van der Waals surface area contributed by atoms with E-state index in [1.54, 1.807) is 20.4 Å². The van der Waals surface area contributed by atoms with E-state index in [0.717, 1.165) is 29.9 Å². The predicted molar refractivity (Wildman–Crippen MR) is 79.9 cm³/mol. The van der Waals surface area contributed by atoms with E-state index >= 15 is 0 Å². The van der Waals surface area contributed by atoms with Crippen LogP contribution in [0.3, 0.4) is 0 Å². The lowest BCUT2D eigenvalue weighted by Gasteiger charge is -2.24. The molecule has 0 aliphatic carbocycles. The average molecular weight is 333 g/mol. The third-order valence-corrected chi connectivity index (χ3v) is 3.05. The third-order valence-electron chi connectivity index (χ3n) is 2.49. The van der Waals surface area contributed by atoms with Crippen LogP contribution in [-0.4, -0.2) is 57.0 Å². The van der Waals surface area contributed by atoms with E-state index in [2.05, 4.69) is 36.1 Å². The van der Waals surface area contributed by atoms with Crippen molar-refractivity contribution < 1.29 is 9.47 Å². The fraction of sp³-hybridized carbons (Fsp3) is 0.667. The molecule has 0 saturated carbocycles. The molecule has 19 heavy (non-hydrogen) atoms. The van der Waals surface area contributed by atoms with E-state index in [-0.39, 0.29) is 0 Å². The van der Waals surface area contributed by atoms with Crippen molar-refractivity contribution in [3.8, 4) is 0 Å². The molecule has 0 bridgehead atoms. The number of anilines is 2. The smallest absolute Gasteiger partial charge is 0.224 e. The van der Waals surface area contributed by atoms with Crippen molar-refractivity contribution in [1.29, 1.82) is 0 Å². The average Bonchev–Trinajstić information content (AvgIpc) is 2.42. The molecule has 1 aromatic heterocycles. The van der Waals surface area contributed by atoms with Crippen LogP contribution in [0.1, 0.15) is 6.92 Å². The number of hydrogen-bond acceptors (Lipinski definition) is 6. The molecule has 0 amide bonds. The van der Waals surface area contributed by atoms with Gasteiger partial charge in [-0.05, 0) is 22.9 Å². The van der Waals surface area contributed by atoms with Crippen molar-refractivity contribution >= 4 is 27.7 Å². The first-order valence-electron chi connectivity index (χ1n) is 6.22. The van der Waals surface area contributed by atoms with Crippen LogP contribution in [0, 0.1) is 0 Å². The van der Waals surface area contributed by atoms with Gasteiger partial charge < -0.3 is 19.7 Å². The van der Waals surface area contributed by atoms with Crippen LogP contribution in [-0.2, 0) is 9.47 Å². The Morgan fingerprint density at radius 3 is 2.42 bits per heavy atom. The van der Waals surface area contributed by atoms with Gasteiger partial charge in [0.05, 0.1) is 17.7 Å². The Morgan fingerprint density at radius 2 is 1.89 bits per heavy atom. The van der Waals surface area contributed by atoms with E-state index in [4.69, 9.17) is 9.47 Å². The first kappa shape index (κ1) is 16.1. The van der Waals surface area contributed by atoms with Crippen molar-refractivity contribution in [3.05, 3.63) is 10.7 Å². The number of halogens is 1. The fourth-order valence-electron chi connectivity index (χ4n) is 1.55. The highest BCUT2D eigenvalue weighted by atomic mass is 79.9. The molecule has 1 N–H and O–H groups in total. The van der Waals surface area contributed by atoms with Crippen LogP contribution in [0.15, 0.2) is 10.7 Å². The topological polar surface area (TPSA) is 59.5 Å². The molecule has 1 rings (SSSR count). The summed E-state index contributed by atoms with van der Waals surface area (Å²) in [5.41, 5.74) is 0. The first-order chi connectivity index (χ1) is 9.22. The molecule has 0 aromatic carbocycles. The Bertz CT molecular complexity index is 371. The Labute approximate surface area is 122 Å². The number of methoxy groups -OCH3 is 2. The molecule has 0 aliphatic heterocycles. The minimum Gasteiger partial charge on any atom is -0.383 e. The van der Waals surface area contributed by atoms with Gasteiger partial charge in [-0.1, -0.05) is 0 Å². The SMILES string of the molecule is CCNc1ncc(Br)c(N(CCOC)CCOC)n1. The quantitative estimate of drug-likeness (QED) is 0.743. The lowest BCUT2D eigenvalue weighted by atomic mass is 10.4. The van der Waals surface area contributed by atoms with Gasteiger partial charge in [0, 0.05) is 40.1 Å². The molecule has 0 atom stereocenters. The molecular weight excluding hydrogens is 312 g/mol. The highest BCUT2D eigenvalue weighted by Gasteiger charge is 2.13. The van der Waals surface area contributed by atoms with Crippen molar-refractivity contribution in [3.63, 3.8) is 0 Å². The van der Waals surface area contributed by atoms with Crippen molar-refractivity contribution in [1.82, 2.24) is 9.97 Å². The summed E-state index contributed by atoms with van der Waals surface area (Å²) in [7, 11) is 3.38. The van der Waals surface area contributed by atoms with Gasteiger partial charge >= 0.3 is 0 Å². The molecule has 7 heteroatoms. The van der Waals surface area contributed by atoms with Gasteiger partial charge in [-0.3, -0.25) is 0 Å². The molecule has 0 unspecified atom stereocenters. The second kappa shape index (κ2) is 9.06. The summed E-state index contributed by atoms with van der Waals surface area (Å²) in [6, 6.07) is 0. The maximum Gasteiger partial charge on any atom is 0.224 e. The molecule has 0 radical (unpaired) electrons. The molecule has 1 aromatic rings. The summed E-state index contributed by atoms with van der Waals surface area (Å²) in [5, 5.41) is 3.11. The second-order valence-electron chi connectivity index (χ2n) is 3.87. The van der Waals surface area contributed by atoms with E-state index in [0.29, 0.717) is 19.2 Å². The maximum atomic E-state index is 5.13. The molecule has 108 valence electrons. The minimum atomic E-state index is 0.625. The zero-order valence-electron chi connectivity index (χ0n) is 11.6. The van der Waals surface area contributed by atoms with Gasteiger partial charge in [0.1, 0.15) is 5.82 Å². The second-order valence-corrected chi connectivity index (χ2v) is 4.72. The van der Waals surface area contributed by atoms with Gasteiger partial charge in [-0.15, -0.1) is 0 Å².